The van der Waals surface area contributed by atoms with Gasteiger partial charge < -0.3 is 4.74 Å². The summed E-state index contributed by atoms with van der Waals surface area (Å²) in [5.41, 5.74) is 5.92. The Labute approximate surface area is 153 Å². The summed E-state index contributed by atoms with van der Waals surface area (Å²) in [6, 6.07) is 15.9. The van der Waals surface area contributed by atoms with Crippen LogP contribution in [0.2, 0.25) is 0 Å². The Bertz CT molecular complexity index is 695. The lowest BCUT2D eigenvalue weighted by Crippen LogP contribution is -2.19. The zero-order valence-electron chi connectivity index (χ0n) is 14.9. The largest absolute Gasteiger partial charge is 0.491 e. The van der Waals surface area contributed by atoms with E-state index in [0.29, 0.717) is 5.75 Å². The van der Waals surface area contributed by atoms with Crippen molar-refractivity contribution in [3.63, 3.8) is 0 Å². The van der Waals surface area contributed by atoms with Crippen LogP contribution >= 0.6 is 11.8 Å². The standard InChI is InChI=1S/C20H24N2O2S/c1-15(2)24-19-10-8-17(9-11-19)12-21-22-20(23)14-25-13-18-6-4-16(3)5-7-18/h4-12,15H,13-14H2,1-3H3,(H,22,23)/b21-12+. The van der Waals surface area contributed by atoms with Gasteiger partial charge >= 0.3 is 0 Å². The molecule has 5 heteroatoms. The number of hydrazone groups is 1. The van der Waals surface area contributed by atoms with E-state index in [4.69, 9.17) is 4.74 Å². The van der Waals surface area contributed by atoms with Crippen LogP contribution in [0, 0.1) is 6.92 Å². The highest BCUT2D eigenvalue weighted by Gasteiger charge is 2.01. The zero-order chi connectivity index (χ0) is 18.1. The van der Waals surface area contributed by atoms with Crippen molar-refractivity contribution in [2.45, 2.75) is 32.6 Å². The van der Waals surface area contributed by atoms with Crippen molar-refractivity contribution in [1.82, 2.24) is 5.43 Å². The molecule has 0 aromatic heterocycles. The van der Waals surface area contributed by atoms with E-state index >= 15 is 0 Å². The predicted molar refractivity (Wildman–Crippen MR) is 105 cm³/mol. The van der Waals surface area contributed by atoms with Gasteiger partial charge in [0, 0.05) is 5.75 Å². The predicted octanol–water partition coefficient (Wildman–Crippen LogP) is 4.17. The number of rotatable bonds is 8. The minimum absolute atomic E-state index is 0.104. The summed E-state index contributed by atoms with van der Waals surface area (Å²) in [6.07, 6.45) is 1.78. The molecular weight excluding hydrogens is 332 g/mol. The molecule has 25 heavy (non-hydrogen) atoms. The molecule has 0 saturated carbocycles. The number of aryl methyl sites for hydroxylation is 1. The molecule has 0 aliphatic carbocycles. The van der Waals surface area contributed by atoms with Gasteiger partial charge in [0.25, 0.3) is 0 Å². The molecular formula is C20H24N2O2S. The minimum Gasteiger partial charge on any atom is -0.491 e. The molecule has 2 aromatic carbocycles. The topological polar surface area (TPSA) is 50.7 Å². The lowest BCUT2D eigenvalue weighted by molar-refractivity contribution is -0.118. The fraction of sp³-hybridized carbons (Fsp3) is 0.300. The van der Waals surface area contributed by atoms with E-state index in [1.165, 1.54) is 11.1 Å². The lowest BCUT2D eigenvalue weighted by atomic mass is 10.2. The molecule has 2 aromatic rings. The quantitative estimate of drug-likeness (QED) is 0.571. The van der Waals surface area contributed by atoms with Crippen molar-refractivity contribution in [3.8, 4) is 5.75 Å². The van der Waals surface area contributed by atoms with Crippen molar-refractivity contribution in [2.24, 2.45) is 5.10 Å². The van der Waals surface area contributed by atoms with Crippen LogP contribution in [0.15, 0.2) is 53.6 Å². The van der Waals surface area contributed by atoms with E-state index in [1.54, 1.807) is 18.0 Å². The van der Waals surface area contributed by atoms with Crippen LogP contribution in [0.25, 0.3) is 0 Å². The maximum Gasteiger partial charge on any atom is 0.250 e. The summed E-state index contributed by atoms with van der Waals surface area (Å²) in [4.78, 5) is 11.8. The molecule has 0 fully saturated rings. The summed E-state index contributed by atoms with van der Waals surface area (Å²) in [5.74, 6) is 1.91. The summed E-state index contributed by atoms with van der Waals surface area (Å²) in [6.45, 7) is 6.04. The Hall–Kier alpha value is -2.27. The Morgan fingerprint density at radius 1 is 1.16 bits per heavy atom. The number of ether oxygens (including phenoxy) is 1. The van der Waals surface area contributed by atoms with E-state index in [-0.39, 0.29) is 12.0 Å². The van der Waals surface area contributed by atoms with Gasteiger partial charge in [-0.15, -0.1) is 11.8 Å². The smallest absolute Gasteiger partial charge is 0.250 e. The first-order valence-electron chi connectivity index (χ1n) is 8.25. The van der Waals surface area contributed by atoms with Gasteiger partial charge in [-0.1, -0.05) is 29.8 Å². The number of carbonyl (C=O) groups excluding carboxylic acids is 1. The molecule has 0 aliphatic rings. The third-order valence-electron chi connectivity index (χ3n) is 3.28. The van der Waals surface area contributed by atoms with Crippen LogP contribution < -0.4 is 10.2 Å². The van der Waals surface area contributed by atoms with E-state index in [1.807, 2.05) is 38.1 Å². The number of amides is 1. The van der Waals surface area contributed by atoms with Gasteiger partial charge in [-0.3, -0.25) is 4.79 Å². The highest BCUT2D eigenvalue weighted by molar-refractivity contribution is 7.99. The molecule has 132 valence electrons. The molecule has 0 atom stereocenters. The normalized spacial score (nSPS) is 11.0. The van der Waals surface area contributed by atoms with Crippen molar-refractivity contribution in [3.05, 3.63) is 65.2 Å². The van der Waals surface area contributed by atoms with Crippen molar-refractivity contribution >= 4 is 23.9 Å². The van der Waals surface area contributed by atoms with Crippen LogP contribution in [0.3, 0.4) is 0 Å². The third-order valence-corrected chi connectivity index (χ3v) is 4.28. The van der Waals surface area contributed by atoms with Gasteiger partial charge in [-0.25, -0.2) is 5.43 Å². The maximum atomic E-state index is 11.8. The highest BCUT2D eigenvalue weighted by Crippen LogP contribution is 2.13. The van der Waals surface area contributed by atoms with Gasteiger partial charge in [-0.05, 0) is 56.2 Å². The number of hydrogen-bond donors (Lipinski definition) is 1. The molecule has 0 spiro atoms. The van der Waals surface area contributed by atoms with Crippen LogP contribution in [-0.4, -0.2) is 24.0 Å². The molecule has 1 N–H and O–H groups in total. The van der Waals surface area contributed by atoms with E-state index in [9.17, 15) is 4.79 Å². The summed E-state index contributed by atoms with van der Waals surface area (Å²) in [7, 11) is 0. The molecule has 1 amide bonds. The fourth-order valence-electron chi connectivity index (χ4n) is 2.06. The first-order valence-corrected chi connectivity index (χ1v) is 9.40. The number of nitrogens with zero attached hydrogens (tertiary/aromatic N) is 1. The third kappa shape index (κ3) is 7.44. The Morgan fingerprint density at radius 3 is 2.48 bits per heavy atom. The first-order chi connectivity index (χ1) is 12.0. The molecule has 0 saturated heterocycles. The second kappa shape index (κ2) is 9.89. The van der Waals surface area contributed by atoms with E-state index in [0.717, 1.165) is 17.1 Å². The van der Waals surface area contributed by atoms with Gasteiger partial charge in [-0.2, -0.15) is 5.10 Å². The lowest BCUT2D eigenvalue weighted by Gasteiger charge is -2.09. The number of thioether (sulfide) groups is 1. The molecule has 0 heterocycles. The monoisotopic (exact) mass is 356 g/mol. The van der Waals surface area contributed by atoms with Gasteiger partial charge in [0.15, 0.2) is 0 Å². The van der Waals surface area contributed by atoms with Crippen molar-refractivity contribution in [1.29, 1.82) is 0 Å². The number of benzene rings is 2. The molecule has 0 aliphatic heterocycles. The SMILES string of the molecule is Cc1ccc(CSCC(=O)N/N=C/c2ccc(OC(C)C)cc2)cc1. The molecule has 4 nitrogen and oxygen atoms in total. The van der Waals surface area contributed by atoms with Crippen LogP contribution in [0.1, 0.15) is 30.5 Å². The highest BCUT2D eigenvalue weighted by atomic mass is 32.2. The van der Waals surface area contributed by atoms with Crippen LogP contribution in [0.5, 0.6) is 5.75 Å². The maximum absolute atomic E-state index is 11.8. The summed E-state index contributed by atoms with van der Waals surface area (Å²) < 4.78 is 5.58. The molecule has 0 unspecified atom stereocenters. The fourth-order valence-corrected chi connectivity index (χ4v) is 2.84. The number of nitrogens with one attached hydrogen (secondary N) is 1. The second-order valence-electron chi connectivity index (χ2n) is 6.01. The van der Waals surface area contributed by atoms with Crippen LogP contribution in [-0.2, 0) is 10.5 Å². The van der Waals surface area contributed by atoms with Gasteiger partial charge in [0.05, 0.1) is 18.1 Å². The first kappa shape index (κ1) is 19.1. The van der Waals surface area contributed by atoms with Crippen molar-refractivity contribution in [2.75, 3.05) is 5.75 Å². The molecule has 2 rings (SSSR count). The van der Waals surface area contributed by atoms with Gasteiger partial charge in [0.1, 0.15) is 5.75 Å². The summed E-state index contributed by atoms with van der Waals surface area (Å²) >= 11 is 1.57. The number of hydrogen-bond acceptors (Lipinski definition) is 4. The Balaban J connectivity index is 1.70. The summed E-state index contributed by atoms with van der Waals surface area (Å²) in [5, 5.41) is 3.99. The number of carbonyl (C=O) groups is 1. The van der Waals surface area contributed by atoms with Crippen LogP contribution in [0.4, 0.5) is 0 Å². The second-order valence-corrected chi connectivity index (χ2v) is 6.99. The Morgan fingerprint density at radius 2 is 1.84 bits per heavy atom. The van der Waals surface area contributed by atoms with E-state index in [2.05, 4.69) is 41.7 Å². The van der Waals surface area contributed by atoms with Crippen molar-refractivity contribution < 1.29 is 9.53 Å². The van der Waals surface area contributed by atoms with Gasteiger partial charge in [0.2, 0.25) is 5.91 Å². The molecule has 0 bridgehead atoms. The zero-order valence-corrected chi connectivity index (χ0v) is 15.7. The van der Waals surface area contributed by atoms with E-state index < -0.39 is 0 Å². The molecule has 0 radical (unpaired) electrons. The minimum atomic E-state index is -0.104. The average Bonchev–Trinajstić information content (AvgIpc) is 2.58. The Kier molecular flexibility index (Phi) is 7.54. The average molecular weight is 356 g/mol.